The summed E-state index contributed by atoms with van der Waals surface area (Å²) < 4.78 is 48.9. The number of carbonyl (C=O) groups excluding carboxylic acids is 1. The number of pyridine rings is 2. The monoisotopic (exact) mass is 503 g/mol. The third kappa shape index (κ3) is 5.75. The van der Waals surface area contributed by atoms with Gasteiger partial charge in [-0.05, 0) is 32.9 Å². The Morgan fingerprint density at radius 2 is 1.94 bits per heavy atom. The Balaban J connectivity index is 1.55. The molecule has 0 saturated heterocycles. The third-order valence-corrected chi connectivity index (χ3v) is 6.10. The molecule has 35 heavy (non-hydrogen) atoms. The van der Waals surface area contributed by atoms with Gasteiger partial charge in [-0.2, -0.15) is 4.98 Å². The Morgan fingerprint density at radius 3 is 2.63 bits per heavy atom. The minimum Gasteiger partial charge on any atom is -0.424 e. The number of hydrogen-bond acceptors (Lipinski definition) is 9. The first kappa shape index (κ1) is 24.2. The van der Waals surface area contributed by atoms with E-state index in [0.717, 1.165) is 4.52 Å². The zero-order valence-electron chi connectivity index (χ0n) is 19.2. The topological polar surface area (TPSA) is 169 Å². The molecule has 3 N–H and O–H groups in total. The number of nitrogens with zero attached hydrogens (tertiary/aromatic N) is 6. The first-order chi connectivity index (χ1) is 16.4. The van der Waals surface area contributed by atoms with Crippen LogP contribution in [-0.4, -0.2) is 49.8 Å². The van der Waals surface area contributed by atoms with E-state index in [1.807, 2.05) is 0 Å². The van der Waals surface area contributed by atoms with Gasteiger partial charge < -0.3 is 9.73 Å². The zero-order valence-corrected chi connectivity index (χ0v) is 20.0. The summed E-state index contributed by atoms with van der Waals surface area (Å²) in [5.41, 5.74) is -0.175. The van der Waals surface area contributed by atoms with Crippen LogP contribution in [0.25, 0.3) is 16.8 Å². The summed E-state index contributed by atoms with van der Waals surface area (Å²) in [6.07, 6.45) is 4.05. The summed E-state index contributed by atoms with van der Waals surface area (Å²) in [5.74, 6) is -0.305. The molecule has 0 spiro atoms. The van der Waals surface area contributed by atoms with Crippen molar-refractivity contribution >= 4 is 27.6 Å². The average molecular weight is 504 g/mol. The maximum Gasteiger partial charge on any atom is 0.322 e. The first-order valence-corrected chi connectivity index (χ1v) is 11.8. The molecule has 184 valence electrons. The predicted molar refractivity (Wildman–Crippen MR) is 121 cm³/mol. The van der Waals surface area contributed by atoms with E-state index in [-0.39, 0.29) is 28.9 Å². The van der Waals surface area contributed by atoms with Gasteiger partial charge in [-0.25, -0.2) is 26.8 Å². The fraction of sp³-hybridized carbons (Fsp3) is 0.300. The normalized spacial score (nSPS) is 12.1. The predicted octanol–water partition coefficient (Wildman–Crippen LogP) is 2.02. The van der Waals surface area contributed by atoms with Crippen LogP contribution in [0.15, 0.2) is 40.0 Å². The van der Waals surface area contributed by atoms with Crippen LogP contribution in [0.2, 0.25) is 0 Å². The molecular weight excluding hydrogens is 481 g/mol. The minimum absolute atomic E-state index is 0.0190. The van der Waals surface area contributed by atoms with Crippen LogP contribution in [0.3, 0.4) is 0 Å². The number of hydrogen-bond donors (Lipinski definition) is 3. The Hall–Kier alpha value is -3.98. The van der Waals surface area contributed by atoms with Crippen molar-refractivity contribution in [3.05, 3.63) is 48.3 Å². The highest BCUT2D eigenvalue weighted by atomic mass is 32.2. The summed E-state index contributed by atoms with van der Waals surface area (Å²) in [4.78, 5) is 20.0. The Kier molecular flexibility index (Phi) is 6.21. The molecule has 4 rings (SSSR count). The number of amides is 2. The van der Waals surface area contributed by atoms with Gasteiger partial charge in [-0.3, -0.25) is 10.3 Å². The largest absolute Gasteiger partial charge is 0.424 e. The lowest BCUT2D eigenvalue weighted by molar-refractivity contribution is 0.250. The van der Waals surface area contributed by atoms with Gasteiger partial charge in [-0.15, -0.1) is 15.3 Å². The summed E-state index contributed by atoms with van der Waals surface area (Å²) >= 11 is 0. The lowest BCUT2D eigenvalue weighted by Gasteiger charge is -2.20. The molecule has 0 atom stereocenters. The van der Waals surface area contributed by atoms with Crippen molar-refractivity contribution in [1.82, 2.24) is 39.8 Å². The van der Waals surface area contributed by atoms with Gasteiger partial charge >= 0.3 is 6.03 Å². The summed E-state index contributed by atoms with van der Waals surface area (Å²) in [6, 6.07) is 1.90. The van der Waals surface area contributed by atoms with E-state index in [4.69, 9.17) is 4.42 Å². The van der Waals surface area contributed by atoms with Crippen molar-refractivity contribution in [2.75, 3.05) is 5.32 Å². The molecular formula is C20H22FN9O4S. The number of sulfonamides is 1. The first-order valence-electron chi connectivity index (χ1n) is 10.3. The fourth-order valence-electron chi connectivity index (χ4n) is 3.05. The molecule has 0 aliphatic carbocycles. The second-order valence-electron chi connectivity index (χ2n) is 8.57. The lowest BCUT2D eigenvalue weighted by atomic mass is 10.1. The average Bonchev–Trinajstić information content (AvgIpc) is 3.36. The quantitative estimate of drug-likeness (QED) is 0.356. The Labute approximate surface area is 199 Å². The fourth-order valence-corrected chi connectivity index (χ4v) is 4.46. The standard InChI is InChI=1S/C20H22FN9O4S/c1-11-26-27-16(34-11)9-23-19(31)25-18-24-17-15(21)6-13(10-30(17)28-18)12-5-14(8-22-7-12)35(32,33)29-20(2,3)4/h5-8,10,29H,9H2,1-4H3,(H2,23,25,28,31). The summed E-state index contributed by atoms with van der Waals surface area (Å²) in [6.45, 7) is 6.75. The molecule has 0 bridgehead atoms. The van der Waals surface area contributed by atoms with Crippen LogP contribution in [0.5, 0.6) is 0 Å². The maximum absolute atomic E-state index is 14.8. The lowest BCUT2D eigenvalue weighted by Crippen LogP contribution is -2.40. The smallest absolute Gasteiger partial charge is 0.322 e. The molecule has 2 amide bonds. The molecule has 0 saturated carbocycles. The number of fused-ring (bicyclic) bond motifs is 1. The van der Waals surface area contributed by atoms with Crippen molar-refractivity contribution in [2.24, 2.45) is 0 Å². The van der Waals surface area contributed by atoms with Crippen LogP contribution in [0.4, 0.5) is 15.1 Å². The molecule has 4 aromatic heterocycles. The van der Waals surface area contributed by atoms with Crippen LogP contribution in [-0.2, 0) is 16.6 Å². The van der Waals surface area contributed by atoms with Gasteiger partial charge in [0.05, 0.1) is 6.54 Å². The molecule has 4 heterocycles. The molecule has 0 radical (unpaired) electrons. The molecule has 15 heteroatoms. The van der Waals surface area contributed by atoms with E-state index in [2.05, 4.69) is 40.6 Å². The highest BCUT2D eigenvalue weighted by molar-refractivity contribution is 7.89. The van der Waals surface area contributed by atoms with E-state index >= 15 is 0 Å². The summed E-state index contributed by atoms with van der Waals surface area (Å²) in [5, 5.41) is 16.4. The number of anilines is 1. The van der Waals surface area contributed by atoms with Crippen LogP contribution in [0.1, 0.15) is 32.6 Å². The number of aryl methyl sites for hydroxylation is 1. The van der Waals surface area contributed by atoms with Crippen molar-refractivity contribution in [1.29, 1.82) is 0 Å². The van der Waals surface area contributed by atoms with E-state index in [0.29, 0.717) is 17.0 Å². The number of carbonyl (C=O) groups is 1. The van der Waals surface area contributed by atoms with E-state index < -0.39 is 27.4 Å². The molecule has 4 aromatic rings. The third-order valence-electron chi connectivity index (χ3n) is 4.38. The number of halogens is 1. The Bertz CT molecular complexity index is 1510. The van der Waals surface area contributed by atoms with Crippen molar-refractivity contribution in [3.63, 3.8) is 0 Å². The van der Waals surface area contributed by atoms with Gasteiger partial charge in [-0.1, -0.05) is 0 Å². The maximum atomic E-state index is 14.8. The summed E-state index contributed by atoms with van der Waals surface area (Å²) in [7, 11) is -3.85. The van der Waals surface area contributed by atoms with Gasteiger partial charge in [0, 0.05) is 42.2 Å². The molecule has 13 nitrogen and oxygen atoms in total. The molecule has 0 aliphatic rings. The molecule has 0 aromatic carbocycles. The minimum atomic E-state index is -3.85. The van der Waals surface area contributed by atoms with Gasteiger partial charge in [0.2, 0.25) is 21.8 Å². The van der Waals surface area contributed by atoms with Gasteiger partial charge in [0.25, 0.3) is 5.95 Å². The molecule has 0 aliphatic heterocycles. The van der Waals surface area contributed by atoms with Crippen LogP contribution < -0.4 is 15.4 Å². The molecule has 0 fully saturated rings. The zero-order chi connectivity index (χ0) is 25.4. The van der Waals surface area contributed by atoms with Gasteiger partial charge in [0.1, 0.15) is 4.90 Å². The van der Waals surface area contributed by atoms with E-state index in [1.54, 1.807) is 27.7 Å². The second-order valence-corrected chi connectivity index (χ2v) is 10.3. The van der Waals surface area contributed by atoms with E-state index in [1.165, 1.54) is 30.7 Å². The number of nitrogens with one attached hydrogen (secondary N) is 3. The molecule has 0 unspecified atom stereocenters. The highest BCUT2D eigenvalue weighted by Gasteiger charge is 2.23. The number of urea groups is 1. The SMILES string of the molecule is Cc1nnc(CNC(=O)Nc2nc3c(F)cc(-c4cncc(S(=O)(=O)NC(C)(C)C)c4)cn3n2)o1. The van der Waals surface area contributed by atoms with Crippen LogP contribution >= 0.6 is 0 Å². The number of aromatic nitrogens is 6. The Morgan fingerprint density at radius 1 is 1.17 bits per heavy atom. The van der Waals surface area contributed by atoms with Crippen molar-refractivity contribution < 1.29 is 22.0 Å². The van der Waals surface area contributed by atoms with Gasteiger partial charge in [0.15, 0.2) is 11.5 Å². The van der Waals surface area contributed by atoms with Crippen LogP contribution in [0, 0.1) is 12.7 Å². The van der Waals surface area contributed by atoms with E-state index in [9.17, 15) is 17.6 Å². The van der Waals surface area contributed by atoms with Crippen molar-refractivity contribution in [3.8, 4) is 11.1 Å². The number of rotatable bonds is 6. The second kappa shape index (κ2) is 8.99. The highest BCUT2D eigenvalue weighted by Crippen LogP contribution is 2.24. The van der Waals surface area contributed by atoms with Crippen molar-refractivity contribution in [2.45, 2.75) is 44.7 Å².